The number of hydrogen-bond donors (Lipinski definition) is 0. The molecule has 0 saturated carbocycles. The minimum atomic E-state index is -2.68. The summed E-state index contributed by atoms with van der Waals surface area (Å²) in [6.07, 6.45) is 0.685. The van der Waals surface area contributed by atoms with Crippen molar-refractivity contribution in [3.63, 3.8) is 0 Å². The van der Waals surface area contributed by atoms with E-state index in [0.717, 1.165) is 0 Å². The molecule has 0 N–H and O–H groups in total. The van der Waals surface area contributed by atoms with Gasteiger partial charge in [0.2, 0.25) is 0 Å². The van der Waals surface area contributed by atoms with Gasteiger partial charge < -0.3 is 0 Å². The molecule has 0 heterocycles. The van der Waals surface area contributed by atoms with Crippen molar-refractivity contribution in [2.75, 3.05) is 13.5 Å². The van der Waals surface area contributed by atoms with Crippen molar-refractivity contribution in [2.45, 2.75) is 0 Å². The summed E-state index contributed by atoms with van der Waals surface area (Å²) >= 11 is 2.71. The number of methoxy groups -OCH3 is 1. The van der Waals surface area contributed by atoms with E-state index in [0.29, 0.717) is 6.35 Å². The van der Waals surface area contributed by atoms with Crippen LogP contribution < -0.4 is 15.9 Å². The molecule has 0 bridgehead atoms. The van der Waals surface area contributed by atoms with Crippen molar-refractivity contribution < 1.29 is 4.74 Å². The van der Waals surface area contributed by atoms with Gasteiger partial charge in [-0.3, -0.25) is 0 Å². The van der Waals surface area contributed by atoms with Crippen LogP contribution in [-0.4, -0.2) is 13.5 Å². The van der Waals surface area contributed by atoms with Crippen LogP contribution in [0.5, 0.6) is 0 Å². The van der Waals surface area contributed by atoms with Gasteiger partial charge in [0.15, 0.2) is 0 Å². The van der Waals surface area contributed by atoms with Gasteiger partial charge in [-0.05, 0) is 0 Å². The van der Waals surface area contributed by atoms with E-state index in [1.165, 1.54) is 15.9 Å². The molecule has 118 valence electrons. The molecule has 0 radical (unpaired) electrons. The third kappa shape index (κ3) is 2.73. The fourth-order valence-corrected chi connectivity index (χ4v) is 11.1. The summed E-state index contributed by atoms with van der Waals surface area (Å²) < 4.78 is 3.14. The second kappa shape index (κ2) is 6.72. The van der Waals surface area contributed by atoms with Crippen LogP contribution in [0, 0.1) is 0 Å². The SMILES string of the molecule is COCP(I)(c1ccccc1)(c1ccccc1)c1ccccc1. The van der Waals surface area contributed by atoms with Crippen LogP contribution in [0.3, 0.4) is 0 Å². The molecule has 0 aliphatic rings. The fourth-order valence-electron chi connectivity index (χ4n) is 3.13. The first-order valence-corrected chi connectivity index (χ1v) is 12.8. The molecular formula is C20H20IOP. The average molecular weight is 434 g/mol. The predicted octanol–water partition coefficient (Wildman–Crippen LogP) is 4.47. The molecule has 0 saturated heterocycles. The quantitative estimate of drug-likeness (QED) is 0.426. The van der Waals surface area contributed by atoms with Crippen molar-refractivity contribution in [1.82, 2.24) is 0 Å². The standard InChI is InChI=1S/C20H20IOP/c1-22-17-23(21,18-11-5-2-6-12-18,19-13-7-3-8-14-19)20-15-9-4-10-16-20/h2-16H,17H2,1H3. The Morgan fingerprint density at radius 1 is 0.652 bits per heavy atom. The zero-order chi connectivity index (χ0) is 16.2. The Bertz CT molecular complexity index is 660. The van der Waals surface area contributed by atoms with Gasteiger partial charge in [-0.15, -0.1) is 0 Å². The predicted molar refractivity (Wildman–Crippen MR) is 111 cm³/mol. The summed E-state index contributed by atoms with van der Waals surface area (Å²) in [7, 11) is 1.80. The van der Waals surface area contributed by atoms with Crippen molar-refractivity contribution in [1.29, 1.82) is 0 Å². The molecule has 3 rings (SSSR count). The second-order valence-electron chi connectivity index (χ2n) is 5.61. The third-order valence-electron chi connectivity index (χ3n) is 4.26. The number of ether oxygens (including phenoxy) is 1. The maximum absolute atomic E-state index is 5.82. The molecule has 3 aromatic carbocycles. The Balaban J connectivity index is 2.41. The number of rotatable bonds is 5. The van der Waals surface area contributed by atoms with Crippen molar-refractivity contribution in [3.8, 4) is 0 Å². The Labute approximate surface area is 151 Å². The van der Waals surface area contributed by atoms with E-state index in [4.69, 9.17) is 4.74 Å². The van der Waals surface area contributed by atoms with E-state index < -0.39 is 4.25 Å². The van der Waals surface area contributed by atoms with Gasteiger partial charge in [-0.25, -0.2) is 0 Å². The maximum atomic E-state index is 5.82. The molecule has 3 aromatic rings. The van der Waals surface area contributed by atoms with E-state index in [2.05, 4.69) is 113 Å². The second-order valence-corrected chi connectivity index (χ2v) is 16.2. The molecule has 1 nitrogen and oxygen atoms in total. The third-order valence-corrected chi connectivity index (χ3v) is 15.0. The van der Waals surface area contributed by atoms with Crippen LogP contribution >= 0.6 is 26.3 Å². The first-order chi connectivity index (χ1) is 11.2. The van der Waals surface area contributed by atoms with Crippen LogP contribution in [0.15, 0.2) is 91.0 Å². The molecular weight excluding hydrogens is 414 g/mol. The molecule has 0 unspecified atom stereocenters. The van der Waals surface area contributed by atoms with Crippen LogP contribution in [-0.2, 0) is 4.74 Å². The van der Waals surface area contributed by atoms with Gasteiger partial charge in [0.1, 0.15) is 0 Å². The summed E-state index contributed by atoms with van der Waals surface area (Å²) in [6.45, 7) is 0. The molecule has 0 fully saturated rings. The van der Waals surface area contributed by atoms with Gasteiger partial charge >= 0.3 is 151 Å². The van der Waals surface area contributed by atoms with Crippen LogP contribution in [0.2, 0.25) is 0 Å². The molecule has 0 amide bonds. The summed E-state index contributed by atoms with van der Waals surface area (Å²) in [6, 6.07) is 32.4. The van der Waals surface area contributed by atoms with Crippen molar-refractivity contribution in [2.24, 2.45) is 0 Å². The Hall–Kier alpha value is -1.22. The van der Waals surface area contributed by atoms with Gasteiger partial charge in [0, 0.05) is 0 Å². The first kappa shape index (κ1) is 16.6. The minimum absolute atomic E-state index is 0.685. The monoisotopic (exact) mass is 434 g/mol. The normalized spacial score (nSPS) is 13.2. The van der Waals surface area contributed by atoms with Gasteiger partial charge in [-0.2, -0.15) is 0 Å². The fraction of sp³-hybridized carbons (Fsp3) is 0.100. The van der Waals surface area contributed by atoms with Gasteiger partial charge in [-0.1, -0.05) is 0 Å². The van der Waals surface area contributed by atoms with Gasteiger partial charge in [0.25, 0.3) is 0 Å². The van der Waals surface area contributed by atoms with Crippen LogP contribution in [0.4, 0.5) is 0 Å². The zero-order valence-corrected chi connectivity index (χ0v) is 16.2. The Morgan fingerprint density at radius 3 is 1.22 bits per heavy atom. The van der Waals surface area contributed by atoms with E-state index >= 15 is 0 Å². The molecule has 0 aliphatic heterocycles. The molecule has 3 heteroatoms. The summed E-state index contributed by atoms with van der Waals surface area (Å²) in [5.41, 5.74) is 0. The molecule has 0 atom stereocenters. The zero-order valence-electron chi connectivity index (χ0n) is 13.1. The first-order valence-electron chi connectivity index (χ1n) is 7.59. The Morgan fingerprint density at radius 2 is 0.957 bits per heavy atom. The van der Waals surface area contributed by atoms with Crippen LogP contribution in [0.1, 0.15) is 0 Å². The van der Waals surface area contributed by atoms with Crippen molar-refractivity contribution >= 4 is 42.2 Å². The molecule has 0 spiro atoms. The van der Waals surface area contributed by atoms with E-state index in [1.807, 2.05) is 0 Å². The molecule has 0 aliphatic carbocycles. The molecule has 23 heavy (non-hydrogen) atoms. The van der Waals surface area contributed by atoms with E-state index in [-0.39, 0.29) is 0 Å². The number of benzene rings is 3. The number of hydrogen-bond acceptors (Lipinski definition) is 1. The van der Waals surface area contributed by atoms with E-state index in [1.54, 1.807) is 7.11 Å². The van der Waals surface area contributed by atoms with Crippen LogP contribution in [0.25, 0.3) is 0 Å². The van der Waals surface area contributed by atoms with E-state index in [9.17, 15) is 0 Å². The Kier molecular flexibility index (Phi) is 4.86. The summed E-state index contributed by atoms with van der Waals surface area (Å²) in [5, 5.41) is 4.04. The van der Waals surface area contributed by atoms with Gasteiger partial charge in [0.05, 0.1) is 0 Å². The average Bonchev–Trinajstić information content (AvgIpc) is 2.64. The number of halogens is 1. The van der Waals surface area contributed by atoms with Crippen molar-refractivity contribution in [3.05, 3.63) is 91.0 Å². The molecule has 0 aromatic heterocycles. The summed E-state index contributed by atoms with van der Waals surface area (Å²) in [5.74, 6) is 0. The summed E-state index contributed by atoms with van der Waals surface area (Å²) in [4.78, 5) is 0. The topological polar surface area (TPSA) is 9.23 Å².